The van der Waals surface area contributed by atoms with E-state index in [1.807, 2.05) is 12.1 Å². The Morgan fingerprint density at radius 1 is 0.605 bits per heavy atom. The summed E-state index contributed by atoms with van der Waals surface area (Å²) in [5.74, 6) is 0. The summed E-state index contributed by atoms with van der Waals surface area (Å²) in [6, 6.07) is 36.8. The van der Waals surface area contributed by atoms with Crippen LogP contribution in [0.15, 0.2) is 103 Å². The topological polar surface area (TPSA) is 17.5 Å². The Bertz CT molecular complexity index is 2120. The average Bonchev–Trinajstić information content (AvgIpc) is 3.47. The van der Waals surface area contributed by atoms with Gasteiger partial charge in [-0.2, -0.15) is 0 Å². The van der Waals surface area contributed by atoms with Crippen molar-refractivity contribution in [2.45, 2.75) is 19.9 Å². The first-order chi connectivity index (χ1) is 18.7. The summed E-state index contributed by atoms with van der Waals surface area (Å²) in [6.07, 6.45) is 0. The van der Waals surface area contributed by atoms with E-state index in [1.54, 1.807) is 0 Å². The van der Waals surface area contributed by atoms with Gasteiger partial charge in [-0.15, -0.1) is 0 Å². The molecule has 1 aliphatic heterocycles. The van der Waals surface area contributed by atoms with Crippen molar-refractivity contribution in [1.29, 1.82) is 0 Å². The van der Waals surface area contributed by atoms with E-state index >= 15 is 0 Å². The summed E-state index contributed by atoms with van der Waals surface area (Å²) in [4.78, 5) is 6.18. The Hall–Kier alpha value is -5.01. The second kappa shape index (κ2) is 7.50. The van der Waals surface area contributed by atoms with E-state index in [0.29, 0.717) is 5.69 Å². The van der Waals surface area contributed by atoms with E-state index in [4.69, 9.17) is 6.57 Å². The van der Waals surface area contributed by atoms with Crippen molar-refractivity contribution in [1.82, 2.24) is 9.13 Å². The van der Waals surface area contributed by atoms with Crippen LogP contribution in [0.2, 0.25) is 0 Å². The maximum absolute atomic E-state index is 7.67. The molecule has 3 heterocycles. The van der Waals surface area contributed by atoms with E-state index in [1.165, 1.54) is 49.3 Å². The van der Waals surface area contributed by atoms with Gasteiger partial charge >= 0.3 is 0 Å². The average molecular weight is 489 g/mol. The molecule has 4 nitrogen and oxygen atoms in total. The van der Waals surface area contributed by atoms with Crippen LogP contribution in [0.1, 0.15) is 13.8 Å². The molecular weight excluding hydrogens is 464 g/mol. The van der Waals surface area contributed by atoms with Crippen LogP contribution in [0, 0.1) is 6.57 Å². The molecular formula is C34H24N4. The monoisotopic (exact) mass is 488 g/mol. The summed E-state index contributed by atoms with van der Waals surface area (Å²) in [5, 5.41) is 4.98. The van der Waals surface area contributed by atoms with Gasteiger partial charge in [0.05, 0.1) is 45.7 Å². The van der Waals surface area contributed by atoms with Crippen LogP contribution in [-0.4, -0.2) is 15.2 Å². The van der Waals surface area contributed by atoms with Gasteiger partial charge in [0.25, 0.3) is 0 Å². The lowest BCUT2D eigenvalue weighted by atomic mass is 10.0. The number of fused-ring (bicyclic) bond motifs is 9. The predicted molar refractivity (Wildman–Crippen MR) is 159 cm³/mol. The molecule has 7 aromatic rings. The van der Waals surface area contributed by atoms with Crippen LogP contribution in [0.25, 0.3) is 59.8 Å². The molecule has 0 bridgehead atoms. The Balaban J connectivity index is 1.69. The van der Waals surface area contributed by atoms with E-state index < -0.39 is 0 Å². The standard InChI is InChI=1S/C34H24N4/c1-21(2)36-30-19-22(35-3)17-18-29(30)38-28-16-10-8-14-25(28)32-33-26(20-31(36)34(32)38)24-13-7-9-15-27(24)37(33)23-11-5-4-6-12-23/h4-21H,1-2H3. The molecule has 4 heteroatoms. The summed E-state index contributed by atoms with van der Waals surface area (Å²) in [7, 11) is 0. The van der Waals surface area contributed by atoms with Crippen LogP contribution in [0.3, 0.4) is 0 Å². The molecule has 2 aromatic heterocycles. The Morgan fingerprint density at radius 2 is 1.29 bits per heavy atom. The van der Waals surface area contributed by atoms with Crippen LogP contribution in [0.5, 0.6) is 0 Å². The van der Waals surface area contributed by atoms with Crippen molar-refractivity contribution in [3.63, 3.8) is 0 Å². The normalized spacial score (nSPS) is 12.6. The Kier molecular flexibility index (Phi) is 4.17. The van der Waals surface area contributed by atoms with Crippen LogP contribution >= 0.6 is 0 Å². The maximum atomic E-state index is 7.67. The third kappa shape index (κ3) is 2.58. The largest absolute Gasteiger partial charge is 0.336 e. The highest BCUT2D eigenvalue weighted by atomic mass is 15.2. The van der Waals surface area contributed by atoms with Gasteiger partial charge in [-0.25, -0.2) is 4.85 Å². The van der Waals surface area contributed by atoms with Crippen molar-refractivity contribution in [2.24, 2.45) is 0 Å². The van der Waals surface area contributed by atoms with Gasteiger partial charge in [-0.05, 0) is 56.3 Å². The number of para-hydroxylation sites is 3. The lowest BCUT2D eigenvalue weighted by Gasteiger charge is -2.36. The molecule has 38 heavy (non-hydrogen) atoms. The zero-order valence-electron chi connectivity index (χ0n) is 21.2. The number of anilines is 2. The smallest absolute Gasteiger partial charge is 0.189 e. The molecule has 8 rings (SSSR count). The molecule has 0 spiro atoms. The molecule has 0 saturated heterocycles. The third-order valence-electron chi connectivity index (χ3n) is 7.93. The van der Waals surface area contributed by atoms with Crippen molar-refractivity contribution >= 4 is 60.7 Å². The summed E-state index contributed by atoms with van der Waals surface area (Å²) >= 11 is 0. The van der Waals surface area contributed by atoms with Gasteiger partial charge in [0.15, 0.2) is 5.69 Å². The molecule has 0 radical (unpaired) electrons. The zero-order valence-corrected chi connectivity index (χ0v) is 21.2. The molecule has 0 unspecified atom stereocenters. The maximum Gasteiger partial charge on any atom is 0.189 e. The second-order valence-electron chi connectivity index (χ2n) is 10.3. The highest BCUT2D eigenvalue weighted by Gasteiger charge is 2.32. The van der Waals surface area contributed by atoms with E-state index in [0.717, 1.165) is 17.1 Å². The van der Waals surface area contributed by atoms with Gasteiger partial charge in [0, 0.05) is 33.3 Å². The van der Waals surface area contributed by atoms with E-state index in [9.17, 15) is 0 Å². The third-order valence-corrected chi connectivity index (χ3v) is 7.93. The van der Waals surface area contributed by atoms with Crippen LogP contribution in [-0.2, 0) is 0 Å². The molecule has 0 atom stereocenters. The zero-order chi connectivity index (χ0) is 25.5. The number of rotatable bonds is 2. The quantitative estimate of drug-likeness (QED) is 0.222. The molecule has 1 aliphatic rings. The molecule has 0 fully saturated rings. The van der Waals surface area contributed by atoms with Gasteiger partial charge in [-0.1, -0.05) is 60.7 Å². The van der Waals surface area contributed by atoms with Crippen LogP contribution < -0.4 is 4.90 Å². The first-order valence-corrected chi connectivity index (χ1v) is 13.0. The number of aromatic nitrogens is 2. The van der Waals surface area contributed by atoms with Crippen molar-refractivity contribution in [2.75, 3.05) is 4.90 Å². The fourth-order valence-electron chi connectivity index (χ4n) is 6.51. The highest BCUT2D eigenvalue weighted by Crippen LogP contribution is 2.52. The first-order valence-electron chi connectivity index (χ1n) is 13.0. The first kappa shape index (κ1) is 21.1. The summed E-state index contributed by atoms with van der Waals surface area (Å²) in [6.45, 7) is 12.1. The van der Waals surface area contributed by atoms with E-state index in [-0.39, 0.29) is 6.04 Å². The van der Waals surface area contributed by atoms with Gasteiger partial charge in [0.1, 0.15) is 0 Å². The highest BCUT2D eigenvalue weighted by molar-refractivity contribution is 6.30. The molecule has 0 N–H and O–H groups in total. The minimum Gasteiger partial charge on any atom is -0.336 e. The SMILES string of the molecule is [C-]#[N+]c1ccc2c(c1)N(C(C)C)c1cc3c4ccccc4n(-c4ccccc4)c3c3c4ccccc4n-2c13. The van der Waals surface area contributed by atoms with Crippen molar-refractivity contribution < 1.29 is 0 Å². The van der Waals surface area contributed by atoms with Crippen molar-refractivity contribution in [3.8, 4) is 11.4 Å². The van der Waals surface area contributed by atoms with Crippen molar-refractivity contribution in [3.05, 3.63) is 115 Å². The van der Waals surface area contributed by atoms with Gasteiger partial charge in [0.2, 0.25) is 0 Å². The number of hydrogen-bond acceptors (Lipinski definition) is 1. The number of hydrogen-bond donors (Lipinski definition) is 0. The predicted octanol–water partition coefficient (Wildman–Crippen LogP) is 9.29. The fraction of sp³-hybridized carbons (Fsp3) is 0.0882. The van der Waals surface area contributed by atoms with Crippen LogP contribution in [0.4, 0.5) is 17.1 Å². The minimum absolute atomic E-state index is 0.213. The lowest BCUT2D eigenvalue weighted by molar-refractivity contribution is 0.782. The minimum atomic E-state index is 0.213. The Labute approximate surface area is 220 Å². The number of benzene rings is 5. The van der Waals surface area contributed by atoms with Gasteiger partial charge < -0.3 is 14.0 Å². The molecule has 0 amide bonds. The molecule has 0 saturated carbocycles. The molecule has 180 valence electrons. The second-order valence-corrected chi connectivity index (χ2v) is 10.3. The fourth-order valence-corrected chi connectivity index (χ4v) is 6.51. The summed E-state index contributed by atoms with van der Waals surface area (Å²) in [5.41, 5.74) is 10.0. The molecule has 0 aliphatic carbocycles. The summed E-state index contributed by atoms with van der Waals surface area (Å²) < 4.78 is 4.84. The molecule has 5 aromatic carbocycles. The van der Waals surface area contributed by atoms with Gasteiger partial charge in [-0.3, -0.25) is 0 Å². The van der Waals surface area contributed by atoms with E-state index in [2.05, 4.69) is 124 Å². The number of nitrogens with zero attached hydrogens (tertiary/aromatic N) is 4. The Morgan fingerprint density at radius 3 is 2.03 bits per heavy atom. The lowest BCUT2D eigenvalue weighted by Crippen LogP contribution is -2.29.